The Morgan fingerprint density at radius 2 is 1.50 bits per heavy atom. The molecule has 0 spiro atoms. The highest BCUT2D eigenvalue weighted by atomic mass is 16.5. The summed E-state index contributed by atoms with van der Waals surface area (Å²) in [7, 11) is 0. The predicted molar refractivity (Wildman–Crippen MR) is 107 cm³/mol. The summed E-state index contributed by atoms with van der Waals surface area (Å²) in [4.78, 5) is 25.2. The Kier molecular flexibility index (Phi) is 6.11. The van der Waals surface area contributed by atoms with Crippen molar-refractivity contribution in [2.75, 3.05) is 0 Å². The molecule has 0 fully saturated rings. The van der Waals surface area contributed by atoms with Crippen molar-refractivity contribution in [1.29, 1.82) is 0 Å². The minimum absolute atomic E-state index is 0.0591. The molecule has 0 radical (unpaired) electrons. The molecule has 0 aliphatic heterocycles. The summed E-state index contributed by atoms with van der Waals surface area (Å²) in [6, 6.07) is 19.2. The quantitative estimate of drug-likeness (QED) is 0.639. The van der Waals surface area contributed by atoms with Crippen LogP contribution in [0, 0.1) is 0 Å². The summed E-state index contributed by atoms with van der Waals surface area (Å²) in [6.45, 7) is 3.99. The summed E-state index contributed by atoms with van der Waals surface area (Å²) in [5.74, 6) is -0.161. The van der Waals surface area contributed by atoms with Crippen molar-refractivity contribution in [3.63, 3.8) is 0 Å². The standard InChI is InChI=1S/C22H24N2O4/c1-16(2)20-19(13-17-9-5-3-6-10-17)23(22(26)24(27)21(20)25)15-28-14-18-11-7-4-8-12-18/h3-12,16,27H,13-15H2,1-2H3. The highest BCUT2D eigenvalue weighted by Crippen LogP contribution is 2.18. The second kappa shape index (κ2) is 8.71. The van der Waals surface area contributed by atoms with Crippen molar-refractivity contribution >= 4 is 0 Å². The molecule has 0 saturated heterocycles. The van der Waals surface area contributed by atoms with E-state index in [0.29, 0.717) is 24.3 Å². The normalized spacial score (nSPS) is 11.1. The van der Waals surface area contributed by atoms with Gasteiger partial charge in [0.2, 0.25) is 0 Å². The third-order valence-corrected chi connectivity index (χ3v) is 4.60. The highest BCUT2D eigenvalue weighted by Gasteiger charge is 2.21. The van der Waals surface area contributed by atoms with Crippen molar-refractivity contribution in [2.45, 2.75) is 39.5 Å². The van der Waals surface area contributed by atoms with Crippen molar-refractivity contribution in [3.8, 4) is 0 Å². The van der Waals surface area contributed by atoms with Crippen molar-refractivity contribution < 1.29 is 9.94 Å². The van der Waals surface area contributed by atoms with Crippen LogP contribution in [0.25, 0.3) is 0 Å². The Morgan fingerprint density at radius 1 is 0.929 bits per heavy atom. The molecular weight excluding hydrogens is 356 g/mol. The molecule has 0 aliphatic carbocycles. The van der Waals surface area contributed by atoms with Gasteiger partial charge in [-0.25, -0.2) is 4.79 Å². The summed E-state index contributed by atoms with van der Waals surface area (Å²) in [5.41, 5.74) is 1.44. The average Bonchev–Trinajstić information content (AvgIpc) is 2.70. The van der Waals surface area contributed by atoms with E-state index in [1.165, 1.54) is 4.57 Å². The minimum Gasteiger partial charge on any atom is -0.421 e. The highest BCUT2D eigenvalue weighted by molar-refractivity contribution is 5.29. The molecule has 0 atom stereocenters. The molecule has 3 aromatic rings. The van der Waals surface area contributed by atoms with E-state index in [1.54, 1.807) is 0 Å². The largest absolute Gasteiger partial charge is 0.421 e. The van der Waals surface area contributed by atoms with Crippen LogP contribution in [0.4, 0.5) is 0 Å². The second-order valence-corrected chi connectivity index (χ2v) is 6.97. The molecule has 28 heavy (non-hydrogen) atoms. The molecule has 6 heteroatoms. The number of hydrogen-bond acceptors (Lipinski definition) is 4. The van der Waals surface area contributed by atoms with E-state index in [4.69, 9.17) is 4.74 Å². The van der Waals surface area contributed by atoms with Gasteiger partial charge >= 0.3 is 5.69 Å². The van der Waals surface area contributed by atoms with Gasteiger partial charge in [-0.05, 0) is 17.0 Å². The zero-order chi connectivity index (χ0) is 20.1. The lowest BCUT2D eigenvalue weighted by Gasteiger charge is -2.19. The van der Waals surface area contributed by atoms with Crippen LogP contribution in [-0.4, -0.2) is 14.5 Å². The first-order chi connectivity index (χ1) is 13.5. The second-order valence-electron chi connectivity index (χ2n) is 6.97. The first-order valence-electron chi connectivity index (χ1n) is 9.22. The van der Waals surface area contributed by atoms with E-state index >= 15 is 0 Å². The van der Waals surface area contributed by atoms with Gasteiger partial charge in [0.05, 0.1) is 6.61 Å². The van der Waals surface area contributed by atoms with E-state index in [-0.39, 0.29) is 17.4 Å². The fourth-order valence-corrected chi connectivity index (χ4v) is 3.22. The molecule has 1 heterocycles. The molecule has 146 valence electrons. The minimum atomic E-state index is -0.798. The average molecular weight is 380 g/mol. The van der Waals surface area contributed by atoms with Crippen LogP contribution < -0.4 is 11.2 Å². The fraction of sp³-hybridized carbons (Fsp3) is 0.273. The Hall–Kier alpha value is -3.12. The lowest BCUT2D eigenvalue weighted by Crippen LogP contribution is -2.43. The van der Waals surface area contributed by atoms with Crippen LogP contribution in [0.15, 0.2) is 70.3 Å². The van der Waals surface area contributed by atoms with Gasteiger partial charge in [0.1, 0.15) is 6.73 Å². The summed E-state index contributed by atoms with van der Waals surface area (Å²) in [5, 5.41) is 10.0. The summed E-state index contributed by atoms with van der Waals surface area (Å²) < 4.78 is 7.25. The van der Waals surface area contributed by atoms with E-state index in [1.807, 2.05) is 74.5 Å². The van der Waals surface area contributed by atoms with Crippen molar-refractivity contribution in [3.05, 3.63) is 104 Å². The van der Waals surface area contributed by atoms with Gasteiger partial charge in [-0.1, -0.05) is 79.2 Å². The number of aromatic nitrogens is 2. The number of hydrogen-bond donors (Lipinski definition) is 1. The van der Waals surface area contributed by atoms with Gasteiger partial charge in [-0.2, -0.15) is 0 Å². The van der Waals surface area contributed by atoms with Crippen LogP contribution in [0.1, 0.15) is 42.1 Å². The summed E-state index contributed by atoms with van der Waals surface area (Å²) >= 11 is 0. The van der Waals surface area contributed by atoms with Crippen molar-refractivity contribution in [2.24, 2.45) is 0 Å². The monoisotopic (exact) mass is 380 g/mol. The summed E-state index contributed by atoms with van der Waals surface area (Å²) in [6.07, 6.45) is 0.397. The van der Waals surface area contributed by atoms with E-state index in [9.17, 15) is 14.8 Å². The molecule has 0 amide bonds. The van der Waals surface area contributed by atoms with Gasteiger partial charge in [-0.15, -0.1) is 0 Å². The van der Waals surface area contributed by atoms with Crippen LogP contribution in [0.2, 0.25) is 0 Å². The SMILES string of the molecule is CC(C)c1c(Cc2ccccc2)n(COCc2ccccc2)c(=O)n(O)c1=O. The maximum absolute atomic E-state index is 12.6. The third-order valence-electron chi connectivity index (χ3n) is 4.60. The third kappa shape index (κ3) is 4.23. The molecule has 3 rings (SSSR count). The Balaban J connectivity index is 2.00. The van der Waals surface area contributed by atoms with Gasteiger partial charge < -0.3 is 9.94 Å². The molecule has 0 unspecified atom stereocenters. The van der Waals surface area contributed by atoms with Crippen LogP contribution in [-0.2, 0) is 24.5 Å². The molecular formula is C22H24N2O4. The number of rotatable bonds is 7. The Morgan fingerprint density at radius 3 is 2.07 bits per heavy atom. The maximum Gasteiger partial charge on any atom is 0.366 e. The smallest absolute Gasteiger partial charge is 0.366 e. The molecule has 1 aromatic heterocycles. The lowest BCUT2D eigenvalue weighted by atomic mass is 9.98. The molecule has 0 bridgehead atoms. The van der Waals surface area contributed by atoms with Gasteiger partial charge in [0.25, 0.3) is 5.56 Å². The Labute approximate surface area is 163 Å². The number of benzene rings is 2. The molecule has 6 nitrogen and oxygen atoms in total. The molecule has 0 aliphatic rings. The van der Waals surface area contributed by atoms with Crippen molar-refractivity contribution in [1.82, 2.24) is 9.30 Å². The predicted octanol–water partition coefficient (Wildman–Crippen LogP) is 3.14. The maximum atomic E-state index is 12.6. The topological polar surface area (TPSA) is 73.5 Å². The number of nitrogens with zero attached hydrogens (tertiary/aromatic N) is 2. The molecule has 1 N–H and O–H groups in total. The zero-order valence-electron chi connectivity index (χ0n) is 16.0. The first kappa shape index (κ1) is 19.6. The van der Waals surface area contributed by atoms with Crippen LogP contribution in [0.5, 0.6) is 0 Å². The zero-order valence-corrected chi connectivity index (χ0v) is 16.0. The van der Waals surface area contributed by atoms with E-state index in [2.05, 4.69) is 0 Å². The van der Waals surface area contributed by atoms with Crippen LogP contribution >= 0.6 is 0 Å². The number of ether oxygens (including phenoxy) is 1. The van der Waals surface area contributed by atoms with E-state index in [0.717, 1.165) is 11.1 Å². The molecule has 2 aromatic carbocycles. The van der Waals surface area contributed by atoms with Gasteiger partial charge in [0, 0.05) is 17.7 Å². The lowest BCUT2D eigenvalue weighted by molar-refractivity contribution is 0.0498. The van der Waals surface area contributed by atoms with Crippen LogP contribution in [0.3, 0.4) is 0 Å². The molecule has 0 saturated carbocycles. The van der Waals surface area contributed by atoms with E-state index < -0.39 is 11.2 Å². The van der Waals surface area contributed by atoms with Gasteiger partial charge in [-0.3, -0.25) is 9.36 Å². The van der Waals surface area contributed by atoms with Gasteiger partial charge in [0.15, 0.2) is 0 Å². The fourth-order valence-electron chi connectivity index (χ4n) is 3.22. The first-order valence-corrected chi connectivity index (χ1v) is 9.22. The Bertz CT molecular complexity index is 1040.